The second-order valence-electron chi connectivity index (χ2n) is 8.79. The molecule has 10 nitrogen and oxygen atoms in total. The van der Waals surface area contributed by atoms with Gasteiger partial charge in [-0.1, -0.05) is 24.3 Å². The summed E-state index contributed by atoms with van der Waals surface area (Å²) in [7, 11) is 0. The van der Waals surface area contributed by atoms with Gasteiger partial charge in [0.2, 0.25) is 5.91 Å². The number of amides is 1. The molecule has 10 heteroatoms. The summed E-state index contributed by atoms with van der Waals surface area (Å²) < 4.78 is 0.901. The highest BCUT2D eigenvalue weighted by Crippen LogP contribution is 2.27. The van der Waals surface area contributed by atoms with E-state index in [1.807, 2.05) is 0 Å². The Morgan fingerprint density at radius 3 is 2.42 bits per heavy atom. The number of benzene rings is 2. The van der Waals surface area contributed by atoms with Crippen LogP contribution in [0.5, 0.6) is 0 Å². The molecule has 36 heavy (non-hydrogen) atoms. The molecule has 186 valence electrons. The summed E-state index contributed by atoms with van der Waals surface area (Å²) in [6.07, 6.45) is 2.79. The number of carbonyl (C=O) groups is 2. The number of rotatable bonds is 8. The van der Waals surface area contributed by atoms with Crippen molar-refractivity contribution in [3.63, 3.8) is 0 Å². The molecule has 2 aromatic carbocycles. The molecule has 8 N–H and O–H groups in total. The van der Waals surface area contributed by atoms with Crippen molar-refractivity contribution in [1.29, 1.82) is 5.41 Å². The van der Waals surface area contributed by atoms with E-state index in [9.17, 15) is 19.9 Å². The zero-order valence-corrected chi connectivity index (χ0v) is 19.6. The molecule has 1 aromatic heterocycles. The molecule has 0 aliphatic heterocycles. The van der Waals surface area contributed by atoms with Crippen molar-refractivity contribution < 1.29 is 19.9 Å². The van der Waals surface area contributed by atoms with Crippen molar-refractivity contribution in [1.82, 2.24) is 10.0 Å². The minimum absolute atomic E-state index is 0.00197. The van der Waals surface area contributed by atoms with Crippen LogP contribution >= 0.6 is 0 Å². The molecule has 0 atom stereocenters. The van der Waals surface area contributed by atoms with Crippen LogP contribution in [0.1, 0.15) is 46.4 Å². The van der Waals surface area contributed by atoms with Crippen LogP contribution in [0, 0.1) is 5.41 Å². The Balaban J connectivity index is 1.64. The van der Waals surface area contributed by atoms with E-state index in [0.29, 0.717) is 22.2 Å². The van der Waals surface area contributed by atoms with E-state index in [1.54, 1.807) is 42.5 Å². The first-order valence-electron chi connectivity index (χ1n) is 11.5. The quantitative estimate of drug-likeness (QED) is 0.122. The molecule has 1 saturated carbocycles. The second kappa shape index (κ2) is 10.3. The summed E-state index contributed by atoms with van der Waals surface area (Å²) in [5, 5.41) is 30.8. The first-order valence-corrected chi connectivity index (χ1v) is 11.5. The maximum Gasteiger partial charge on any atom is 0.335 e. The average Bonchev–Trinajstić information content (AvgIpc) is 2.82. The number of aromatic carboxylic acids is 1. The molecule has 1 heterocycles. The zero-order chi connectivity index (χ0) is 25.8. The molecule has 0 unspecified atom stereocenters. The van der Waals surface area contributed by atoms with Gasteiger partial charge in [-0.25, -0.2) is 4.79 Å². The number of amidine groups is 1. The predicted molar refractivity (Wildman–Crippen MR) is 135 cm³/mol. The fraction of sp³-hybridized carbons (Fsp3) is 0.231. The Morgan fingerprint density at radius 2 is 1.81 bits per heavy atom. The van der Waals surface area contributed by atoms with Crippen LogP contribution in [-0.4, -0.2) is 38.8 Å². The minimum atomic E-state index is -1.13. The number of aromatic nitrogens is 1. The Bertz CT molecular complexity index is 1390. The number of carboxylic acids is 1. The predicted octanol–water partition coefficient (Wildman–Crippen LogP) is 2.27. The number of nitrogens with two attached hydrogens (primary N) is 2. The zero-order valence-electron chi connectivity index (χ0n) is 19.6. The highest BCUT2D eigenvalue weighted by molar-refractivity contribution is 5.95. The molecule has 1 aliphatic carbocycles. The van der Waals surface area contributed by atoms with Crippen LogP contribution in [0.2, 0.25) is 0 Å². The van der Waals surface area contributed by atoms with Gasteiger partial charge in [-0.15, -0.1) is 0 Å². The third-order valence-electron chi connectivity index (χ3n) is 6.17. The van der Waals surface area contributed by atoms with Gasteiger partial charge in [0, 0.05) is 23.4 Å². The fourth-order valence-electron chi connectivity index (χ4n) is 3.96. The molecule has 0 spiro atoms. The average molecular weight is 489 g/mol. The van der Waals surface area contributed by atoms with Gasteiger partial charge >= 0.3 is 5.97 Å². The van der Waals surface area contributed by atoms with Gasteiger partial charge in [-0.3, -0.25) is 15.2 Å². The topological polar surface area (TPSA) is 180 Å². The number of carboxylic acid groups (broad SMARTS) is 1. The molecule has 0 saturated heterocycles. The second-order valence-corrected chi connectivity index (χ2v) is 8.79. The highest BCUT2D eigenvalue weighted by atomic mass is 16.5. The van der Waals surface area contributed by atoms with E-state index in [1.165, 1.54) is 12.1 Å². The first kappa shape index (κ1) is 24.5. The Hall–Kier alpha value is -4.60. The van der Waals surface area contributed by atoms with Gasteiger partial charge in [0.1, 0.15) is 5.84 Å². The number of carbonyl (C=O) groups excluding carboxylic acids is 1. The van der Waals surface area contributed by atoms with Crippen molar-refractivity contribution in [2.75, 3.05) is 5.73 Å². The van der Waals surface area contributed by atoms with Gasteiger partial charge in [-0.05, 0) is 60.7 Å². The number of nitrogens with zero attached hydrogens (tertiary/aromatic N) is 2. The maximum atomic E-state index is 12.9. The lowest BCUT2D eigenvalue weighted by Gasteiger charge is -2.21. The number of nitrogen functional groups attached to an aromatic ring is 2. The number of anilines is 1. The lowest BCUT2D eigenvalue weighted by atomic mass is 9.94. The number of hydrogen-bond donors (Lipinski definition) is 6. The van der Waals surface area contributed by atoms with Crippen molar-refractivity contribution in [2.24, 2.45) is 10.7 Å². The van der Waals surface area contributed by atoms with Gasteiger partial charge < -0.3 is 27.1 Å². The monoisotopic (exact) mass is 488 g/mol. The fourth-order valence-corrected chi connectivity index (χ4v) is 3.96. The van der Waals surface area contributed by atoms with Gasteiger partial charge in [0.25, 0.3) is 0 Å². The SMILES string of the molecule is N=C(N)c1ccc(CNC(=O)Cc2c(-c3cc(N)cc(C(=O)O)c3)ccc(=NC3CCC3)n2O)cc1. The summed E-state index contributed by atoms with van der Waals surface area (Å²) in [6.45, 7) is 0.241. The summed E-state index contributed by atoms with van der Waals surface area (Å²) in [4.78, 5) is 29.0. The maximum absolute atomic E-state index is 12.9. The Kier molecular flexibility index (Phi) is 7.05. The highest BCUT2D eigenvalue weighted by Gasteiger charge is 2.19. The Morgan fingerprint density at radius 1 is 1.08 bits per heavy atom. The van der Waals surface area contributed by atoms with E-state index < -0.39 is 5.97 Å². The lowest BCUT2D eigenvalue weighted by Crippen LogP contribution is -2.31. The lowest BCUT2D eigenvalue weighted by molar-refractivity contribution is -0.120. The largest absolute Gasteiger partial charge is 0.478 e. The first-order chi connectivity index (χ1) is 17.2. The molecule has 1 aliphatic rings. The molecule has 3 aromatic rings. The van der Waals surface area contributed by atoms with Gasteiger partial charge in [-0.2, -0.15) is 4.73 Å². The smallest absolute Gasteiger partial charge is 0.335 e. The van der Waals surface area contributed by atoms with Crippen molar-refractivity contribution in [3.8, 4) is 11.1 Å². The standard InChI is InChI=1S/C26H28N6O4/c27-19-11-17(10-18(12-19)26(34)35)21-8-9-23(31-20-2-1-3-20)32(36)22(21)13-24(33)30-14-15-4-6-16(7-5-15)25(28)29/h4-12,20,36H,1-3,13-14,27H2,(H3,28,29)(H,30,33)(H,34,35). The molecule has 1 fully saturated rings. The van der Waals surface area contributed by atoms with Crippen molar-refractivity contribution in [3.05, 3.63) is 82.5 Å². The van der Waals surface area contributed by atoms with Crippen LogP contribution in [0.25, 0.3) is 11.1 Å². The molecule has 4 rings (SSSR count). The molecular weight excluding hydrogens is 460 g/mol. The van der Waals surface area contributed by atoms with Crippen LogP contribution in [0.4, 0.5) is 5.69 Å². The molecular formula is C26H28N6O4. The summed E-state index contributed by atoms with van der Waals surface area (Å²) >= 11 is 0. The van der Waals surface area contributed by atoms with Gasteiger partial charge in [0.15, 0.2) is 5.49 Å². The van der Waals surface area contributed by atoms with E-state index >= 15 is 0 Å². The van der Waals surface area contributed by atoms with Crippen LogP contribution in [0.15, 0.2) is 59.6 Å². The minimum Gasteiger partial charge on any atom is -0.478 e. The van der Waals surface area contributed by atoms with E-state index in [4.69, 9.17) is 16.9 Å². The molecule has 0 radical (unpaired) electrons. The van der Waals surface area contributed by atoms with Gasteiger partial charge in [0.05, 0.1) is 23.7 Å². The van der Waals surface area contributed by atoms with Crippen molar-refractivity contribution in [2.45, 2.75) is 38.3 Å². The normalized spacial score (nSPS) is 13.7. The van der Waals surface area contributed by atoms with Crippen LogP contribution in [0.3, 0.4) is 0 Å². The number of hydrogen-bond acceptors (Lipinski definition) is 6. The van der Waals surface area contributed by atoms with Crippen molar-refractivity contribution >= 4 is 23.4 Å². The number of pyridine rings is 1. The third-order valence-corrected chi connectivity index (χ3v) is 6.17. The molecule has 1 amide bonds. The summed E-state index contributed by atoms with van der Waals surface area (Å²) in [6, 6.07) is 14.8. The Labute approximate surface area is 207 Å². The summed E-state index contributed by atoms with van der Waals surface area (Å²) in [5.74, 6) is -1.52. The van der Waals surface area contributed by atoms with E-state index in [2.05, 4.69) is 10.3 Å². The number of nitrogens with one attached hydrogen (secondary N) is 2. The summed E-state index contributed by atoms with van der Waals surface area (Å²) in [5.41, 5.74) is 14.6. The van der Waals surface area contributed by atoms with Crippen LogP contribution in [-0.2, 0) is 17.8 Å². The van der Waals surface area contributed by atoms with E-state index in [0.717, 1.165) is 29.6 Å². The molecule has 0 bridgehead atoms. The van der Waals surface area contributed by atoms with E-state index in [-0.39, 0.29) is 47.7 Å². The third kappa shape index (κ3) is 5.54. The van der Waals surface area contributed by atoms with Crippen LogP contribution < -0.4 is 22.3 Å².